The molecular weight excluding hydrogens is 382 g/mol. The Bertz CT molecular complexity index is 1180. The molecule has 2 N–H and O–H groups in total. The number of benzene rings is 2. The first-order valence-corrected chi connectivity index (χ1v) is 9.57. The summed E-state index contributed by atoms with van der Waals surface area (Å²) in [6.45, 7) is 2.22. The highest BCUT2D eigenvalue weighted by Crippen LogP contribution is 2.34. The number of hydrogen-bond donors (Lipinski definition) is 2. The molecule has 0 unspecified atom stereocenters. The zero-order valence-electron chi connectivity index (χ0n) is 16.2. The number of para-hydroxylation sites is 3. The van der Waals surface area contributed by atoms with E-state index in [1.807, 2.05) is 67.6 Å². The smallest absolute Gasteiger partial charge is 0.316 e. The third-order valence-electron chi connectivity index (χ3n) is 4.88. The van der Waals surface area contributed by atoms with Crippen molar-refractivity contribution in [1.82, 2.24) is 10.2 Å². The summed E-state index contributed by atoms with van der Waals surface area (Å²) in [6, 6.07) is 20.7. The summed E-state index contributed by atoms with van der Waals surface area (Å²) >= 11 is 0. The number of rotatable bonds is 4. The number of anilines is 4. The van der Waals surface area contributed by atoms with E-state index in [2.05, 4.69) is 25.7 Å². The van der Waals surface area contributed by atoms with Gasteiger partial charge in [-0.1, -0.05) is 35.4 Å². The van der Waals surface area contributed by atoms with Crippen LogP contribution in [-0.2, 0) is 4.79 Å². The molecule has 0 saturated carbocycles. The van der Waals surface area contributed by atoms with E-state index in [1.54, 1.807) is 6.07 Å². The first kappa shape index (κ1) is 18.0. The lowest BCUT2D eigenvalue weighted by Crippen LogP contribution is -2.40. The van der Waals surface area contributed by atoms with E-state index in [0.29, 0.717) is 12.3 Å². The van der Waals surface area contributed by atoms with Crippen LogP contribution in [0.15, 0.2) is 75.6 Å². The lowest BCUT2D eigenvalue weighted by atomic mass is 10.2. The van der Waals surface area contributed by atoms with Gasteiger partial charge in [-0.2, -0.15) is 0 Å². The highest BCUT2D eigenvalue weighted by Gasteiger charge is 2.30. The Kier molecular flexibility index (Phi) is 4.44. The molecule has 1 aliphatic heterocycles. The lowest BCUT2D eigenvalue weighted by Gasteiger charge is -2.26. The summed E-state index contributed by atoms with van der Waals surface area (Å²) in [7, 11) is 0. The van der Waals surface area contributed by atoms with Crippen LogP contribution in [0.2, 0.25) is 0 Å². The fourth-order valence-corrected chi connectivity index (χ4v) is 3.44. The zero-order chi connectivity index (χ0) is 20.5. The number of amides is 1. The standard InChI is InChI=1S/C22H19N5O3/c1-14-11-12-19(29-14)21-25-26-22(30-21)24-17-13-27(15-7-3-2-4-8-15)18-10-6-5-9-16(18)23-20(17)28/h2-12,17H,13H2,1H3,(H,23,28)(H,24,26)/t17-/m0/s1. The van der Waals surface area contributed by atoms with E-state index < -0.39 is 6.04 Å². The van der Waals surface area contributed by atoms with Crippen LogP contribution in [0.3, 0.4) is 0 Å². The van der Waals surface area contributed by atoms with Crippen LogP contribution in [-0.4, -0.2) is 28.7 Å². The van der Waals surface area contributed by atoms with Crippen molar-refractivity contribution in [2.45, 2.75) is 13.0 Å². The number of carbonyl (C=O) groups excluding carboxylic acids is 1. The first-order chi connectivity index (χ1) is 14.7. The van der Waals surface area contributed by atoms with E-state index in [9.17, 15) is 4.79 Å². The summed E-state index contributed by atoms with van der Waals surface area (Å²) in [5.41, 5.74) is 2.64. The van der Waals surface area contributed by atoms with Gasteiger partial charge in [0.2, 0.25) is 5.91 Å². The van der Waals surface area contributed by atoms with Crippen molar-refractivity contribution in [2.75, 3.05) is 22.1 Å². The minimum absolute atomic E-state index is 0.151. The second kappa shape index (κ2) is 7.40. The third-order valence-corrected chi connectivity index (χ3v) is 4.88. The number of carbonyl (C=O) groups is 1. The molecule has 0 bridgehead atoms. The van der Waals surface area contributed by atoms with Crippen LogP contribution in [0.1, 0.15) is 5.76 Å². The number of aryl methyl sites for hydroxylation is 1. The number of aromatic nitrogens is 2. The normalized spacial score (nSPS) is 16.0. The van der Waals surface area contributed by atoms with E-state index in [4.69, 9.17) is 8.83 Å². The number of hydrogen-bond acceptors (Lipinski definition) is 7. The predicted molar refractivity (Wildman–Crippen MR) is 113 cm³/mol. The average Bonchev–Trinajstić information content (AvgIpc) is 3.38. The summed E-state index contributed by atoms with van der Waals surface area (Å²) in [5.74, 6) is 1.30. The molecule has 0 aliphatic carbocycles. The molecule has 1 amide bonds. The summed E-state index contributed by atoms with van der Waals surface area (Å²) in [4.78, 5) is 15.0. The molecular formula is C22H19N5O3. The number of nitrogens with one attached hydrogen (secondary N) is 2. The van der Waals surface area contributed by atoms with Gasteiger partial charge in [0.15, 0.2) is 5.76 Å². The average molecular weight is 401 g/mol. The van der Waals surface area contributed by atoms with Crippen molar-refractivity contribution >= 4 is 29.0 Å². The number of nitrogens with zero attached hydrogens (tertiary/aromatic N) is 3. The van der Waals surface area contributed by atoms with Gasteiger partial charge < -0.3 is 24.4 Å². The Morgan fingerprint density at radius 2 is 1.80 bits per heavy atom. The molecule has 3 heterocycles. The van der Waals surface area contributed by atoms with Crippen molar-refractivity contribution in [3.8, 4) is 11.7 Å². The fourth-order valence-electron chi connectivity index (χ4n) is 3.44. The Morgan fingerprint density at radius 1 is 1.00 bits per heavy atom. The Hall–Kier alpha value is -4.07. The van der Waals surface area contributed by atoms with Crippen molar-refractivity contribution in [3.63, 3.8) is 0 Å². The van der Waals surface area contributed by atoms with E-state index in [0.717, 1.165) is 22.8 Å². The van der Waals surface area contributed by atoms with Gasteiger partial charge in [0, 0.05) is 5.69 Å². The van der Waals surface area contributed by atoms with Gasteiger partial charge in [0.25, 0.3) is 5.89 Å². The molecule has 1 aliphatic rings. The van der Waals surface area contributed by atoms with E-state index in [1.165, 1.54) is 0 Å². The molecule has 30 heavy (non-hydrogen) atoms. The fraction of sp³-hybridized carbons (Fsp3) is 0.136. The summed E-state index contributed by atoms with van der Waals surface area (Å²) < 4.78 is 11.2. The van der Waals surface area contributed by atoms with Crippen LogP contribution in [0.5, 0.6) is 0 Å². The number of furan rings is 1. The van der Waals surface area contributed by atoms with E-state index >= 15 is 0 Å². The molecule has 8 nitrogen and oxygen atoms in total. The molecule has 0 saturated heterocycles. The zero-order valence-corrected chi connectivity index (χ0v) is 16.2. The van der Waals surface area contributed by atoms with Gasteiger partial charge in [0.1, 0.15) is 11.8 Å². The number of fused-ring (bicyclic) bond motifs is 1. The maximum atomic E-state index is 12.9. The van der Waals surface area contributed by atoms with Gasteiger partial charge in [-0.25, -0.2) is 0 Å². The Labute approximate surface area is 172 Å². The van der Waals surface area contributed by atoms with Crippen molar-refractivity contribution < 1.29 is 13.6 Å². The van der Waals surface area contributed by atoms with Crippen LogP contribution in [0.4, 0.5) is 23.1 Å². The quantitative estimate of drug-likeness (QED) is 0.529. The lowest BCUT2D eigenvalue weighted by molar-refractivity contribution is -0.116. The highest BCUT2D eigenvalue weighted by atomic mass is 16.4. The topological polar surface area (TPSA) is 96.4 Å². The van der Waals surface area contributed by atoms with Gasteiger partial charge >= 0.3 is 6.01 Å². The largest absolute Gasteiger partial charge is 0.456 e. The second-order valence-corrected chi connectivity index (χ2v) is 6.97. The molecule has 2 aromatic heterocycles. The molecule has 1 atom stereocenters. The van der Waals surface area contributed by atoms with Crippen molar-refractivity contribution in [1.29, 1.82) is 0 Å². The molecule has 4 aromatic rings. The third kappa shape index (κ3) is 3.39. The monoisotopic (exact) mass is 401 g/mol. The van der Waals surface area contributed by atoms with Gasteiger partial charge in [-0.05, 0) is 43.3 Å². The van der Waals surface area contributed by atoms with Gasteiger partial charge in [-0.3, -0.25) is 4.79 Å². The van der Waals surface area contributed by atoms with Gasteiger partial charge in [0.05, 0.1) is 17.9 Å². The van der Waals surface area contributed by atoms with Crippen molar-refractivity contribution in [3.05, 3.63) is 72.5 Å². The molecule has 5 rings (SSSR count). The van der Waals surface area contributed by atoms with E-state index in [-0.39, 0.29) is 17.8 Å². The second-order valence-electron chi connectivity index (χ2n) is 6.97. The first-order valence-electron chi connectivity index (χ1n) is 9.57. The van der Waals surface area contributed by atoms with Gasteiger partial charge in [-0.15, -0.1) is 5.10 Å². The SMILES string of the molecule is Cc1ccc(-c2nnc(N[C@H]3CN(c4ccccc4)c4ccccc4NC3=O)o2)o1. The summed E-state index contributed by atoms with van der Waals surface area (Å²) in [6.07, 6.45) is 0. The van der Waals surface area contributed by atoms with Crippen LogP contribution in [0.25, 0.3) is 11.7 Å². The molecule has 2 aromatic carbocycles. The Balaban J connectivity index is 1.44. The minimum atomic E-state index is -0.621. The molecule has 0 radical (unpaired) electrons. The summed E-state index contributed by atoms with van der Waals surface area (Å²) in [5, 5.41) is 14.1. The predicted octanol–water partition coefficient (Wildman–Crippen LogP) is 4.21. The van der Waals surface area contributed by atoms with Crippen molar-refractivity contribution in [2.24, 2.45) is 0 Å². The maximum absolute atomic E-state index is 12.9. The molecule has 150 valence electrons. The molecule has 0 spiro atoms. The molecule has 8 heteroatoms. The van der Waals surface area contributed by atoms with Crippen LogP contribution >= 0.6 is 0 Å². The molecule has 0 fully saturated rings. The maximum Gasteiger partial charge on any atom is 0.316 e. The van der Waals surface area contributed by atoms with Crippen LogP contribution in [0, 0.1) is 6.92 Å². The highest BCUT2D eigenvalue weighted by molar-refractivity contribution is 6.02. The van der Waals surface area contributed by atoms with Crippen LogP contribution < -0.4 is 15.5 Å². The minimum Gasteiger partial charge on any atom is -0.456 e. The Morgan fingerprint density at radius 3 is 2.60 bits per heavy atom.